The van der Waals surface area contributed by atoms with Gasteiger partial charge in [-0.05, 0) is 42.0 Å². The number of hydrogen-bond acceptors (Lipinski definition) is 6. The number of aromatic nitrogens is 3. The molecule has 8 heteroatoms. The third kappa shape index (κ3) is 4.59. The van der Waals surface area contributed by atoms with Gasteiger partial charge in [0.15, 0.2) is 11.5 Å². The highest BCUT2D eigenvalue weighted by Crippen LogP contribution is 2.33. The second kappa shape index (κ2) is 9.19. The molecule has 3 rings (SSSR count). The van der Waals surface area contributed by atoms with Crippen molar-refractivity contribution < 1.29 is 14.3 Å². The fraction of sp³-hybridized carbons (Fsp3) is 0.143. The van der Waals surface area contributed by atoms with Crippen molar-refractivity contribution in [3.05, 3.63) is 65.6 Å². The topological polar surface area (TPSA) is 113 Å². The summed E-state index contributed by atoms with van der Waals surface area (Å²) in [5.74, 6) is 0.690. The molecule has 0 saturated heterocycles. The van der Waals surface area contributed by atoms with Crippen LogP contribution in [0, 0.1) is 11.3 Å². The van der Waals surface area contributed by atoms with Crippen LogP contribution in [0.25, 0.3) is 17.3 Å². The zero-order valence-corrected chi connectivity index (χ0v) is 16.0. The number of hydrogen-bond donors (Lipinski definition) is 2. The van der Waals surface area contributed by atoms with Crippen molar-refractivity contribution in [2.75, 3.05) is 14.2 Å². The normalized spacial score (nSPS) is 10.9. The van der Waals surface area contributed by atoms with Crippen molar-refractivity contribution in [3.63, 3.8) is 0 Å². The smallest absolute Gasteiger partial charge is 0.262 e. The number of nitrogens with one attached hydrogen (secondary N) is 2. The van der Waals surface area contributed by atoms with E-state index in [1.165, 1.54) is 6.08 Å². The number of amides is 1. The Bertz CT molecular complexity index is 1070. The van der Waals surface area contributed by atoms with Crippen LogP contribution in [-0.2, 0) is 11.3 Å². The van der Waals surface area contributed by atoms with Crippen LogP contribution in [0.5, 0.6) is 11.5 Å². The Kier molecular flexibility index (Phi) is 6.22. The van der Waals surface area contributed by atoms with Crippen molar-refractivity contribution in [1.29, 1.82) is 5.26 Å². The summed E-state index contributed by atoms with van der Waals surface area (Å²) in [5, 5.41) is 19.1. The molecular weight excluding hydrogens is 370 g/mol. The number of rotatable bonds is 7. The minimum absolute atomic E-state index is 0.0258. The molecule has 0 radical (unpaired) electrons. The zero-order chi connectivity index (χ0) is 20.6. The van der Waals surface area contributed by atoms with E-state index >= 15 is 0 Å². The average molecular weight is 389 g/mol. The van der Waals surface area contributed by atoms with Gasteiger partial charge in [-0.2, -0.15) is 10.4 Å². The minimum Gasteiger partial charge on any atom is -0.493 e. The van der Waals surface area contributed by atoms with Crippen LogP contribution in [0.3, 0.4) is 0 Å². The average Bonchev–Trinajstić information content (AvgIpc) is 3.24. The van der Waals surface area contributed by atoms with E-state index in [4.69, 9.17) is 9.47 Å². The Morgan fingerprint density at radius 1 is 1.21 bits per heavy atom. The lowest BCUT2D eigenvalue weighted by Gasteiger charge is -2.09. The van der Waals surface area contributed by atoms with Crippen LogP contribution >= 0.6 is 0 Å². The molecule has 0 aliphatic carbocycles. The van der Waals surface area contributed by atoms with Gasteiger partial charge in [-0.1, -0.05) is 0 Å². The molecule has 0 aliphatic heterocycles. The highest BCUT2D eigenvalue weighted by molar-refractivity contribution is 6.02. The number of H-pyrrole nitrogens is 1. The summed E-state index contributed by atoms with van der Waals surface area (Å²) in [4.78, 5) is 16.4. The summed E-state index contributed by atoms with van der Waals surface area (Å²) in [5.41, 5.74) is 2.90. The summed E-state index contributed by atoms with van der Waals surface area (Å²) in [6.45, 7) is 0.300. The van der Waals surface area contributed by atoms with Gasteiger partial charge in [0.1, 0.15) is 11.6 Å². The number of aromatic amines is 1. The first-order valence-electron chi connectivity index (χ1n) is 8.71. The Labute approximate surface area is 167 Å². The first-order chi connectivity index (χ1) is 14.2. The summed E-state index contributed by atoms with van der Waals surface area (Å²) in [7, 11) is 3.11. The van der Waals surface area contributed by atoms with Crippen LogP contribution in [-0.4, -0.2) is 35.3 Å². The second-order valence-corrected chi connectivity index (χ2v) is 5.98. The molecule has 29 heavy (non-hydrogen) atoms. The summed E-state index contributed by atoms with van der Waals surface area (Å²) < 4.78 is 10.6. The Balaban J connectivity index is 1.84. The standard InChI is InChI=1S/C21H19N5O3/c1-28-18-4-3-15(10-19(18)29-2)20-17(13-25-26-20)9-16(11-22)21(27)24-12-14-5-7-23-8-6-14/h3-10,13H,12H2,1-2H3,(H,24,27)(H,25,26). The van der Waals surface area contributed by atoms with E-state index in [0.29, 0.717) is 29.3 Å². The molecule has 146 valence electrons. The van der Waals surface area contributed by atoms with E-state index in [1.54, 1.807) is 57.1 Å². The van der Waals surface area contributed by atoms with E-state index in [0.717, 1.165) is 11.1 Å². The number of nitrogens with zero attached hydrogens (tertiary/aromatic N) is 3. The van der Waals surface area contributed by atoms with E-state index in [9.17, 15) is 10.1 Å². The number of benzene rings is 1. The van der Waals surface area contributed by atoms with E-state index < -0.39 is 5.91 Å². The molecule has 3 aromatic rings. The molecule has 2 heterocycles. The van der Waals surface area contributed by atoms with E-state index in [-0.39, 0.29) is 5.57 Å². The van der Waals surface area contributed by atoms with Gasteiger partial charge in [0, 0.05) is 30.1 Å². The van der Waals surface area contributed by atoms with Gasteiger partial charge in [0.2, 0.25) is 0 Å². The zero-order valence-electron chi connectivity index (χ0n) is 16.0. The molecule has 2 aromatic heterocycles. The van der Waals surface area contributed by atoms with Crippen LogP contribution in [0.1, 0.15) is 11.1 Å². The predicted octanol–water partition coefficient (Wildman–Crippen LogP) is 2.71. The molecule has 0 bridgehead atoms. The van der Waals surface area contributed by atoms with Crippen LogP contribution < -0.4 is 14.8 Å². The number of pyridine rings is 1. The summed E-state index contributed by atoms with van der Waals surface area (Å²) >= 11 is 0. The van der Waals surface area contributed by atoms with Crippen molar-refractivity contribution in [2.24, 2.45) is 0 Å². The molecule has 8 nitrogen and oxygen atoms in total. The highest BCUT2D eigenvalue weighted by Gasteiger charge is 2.14. The quantitative estimate of drug-likeness (QED) is 0.474. The largest absolute Gasteiger partial charge is 0.493 e. The van der Waals surface area contributed by atoms with Gasteiger partial charge in [-0.25, -0.2) is 0 Å². The maximum absolute atomic E-state index is 12.4. The number of ether oxygens (including phenoxy) is 2. The molecule has 0 unspecified atom stereocenters. The number of methoxy groups -OCH3 is 2. The van der Waals surface area contributed by atoms with Gasteiger partial charge in [-0.15, -0.1) is 0 Å². The van der Waals surface area contributed by atoms with Crippen molar-refractivity contribution in [1.82, 2.24) is 20.5 Å². The lowest BCUT2D eigenvalue weighted by atomic mass is 10.1. The molecule has 1 aromatic carbocycles. The monoisotopic (exact) mass is 389 g/mol. The molecule has 2 N–H and O–H groups in total. The lowest BCUT2D eigenvalue weighted by Crippen LogP contribution is -2.23. The van der Waals surface area contributed by atoms with Crippen LogP contribution in [0.15, 0.2) is 54.5 Å². The van der Waals surface area contributed by atoms with Crippen molar-refractivity contribution >= 4 is 12.0 Å². The number of carbonyl (C=O) groups is 1. The molecule has 0 spiro atoms. The first-order valence-corrected chi connectivity index (χ1v) is 8.71. The number of carbonyl (C=O) groups excluding carboxylic acids is 1. The third-order valence-electron chi connectivity index (χ3n) is 4.21. The van der Waals surface area contributed by atoms with Crippen molar-refractivity contribution in [3.8, 4) is 28.8 Å². The third-order valence-corrected chi connectivity index (χ3v) is 4.21. The Morgan fingerprint density at radius 3 is 2.66 bits per heavy atom. The molecular formula is C21H19N5O3. The van der Waals surface area contributed by atoms with Crippen LogP contribution in [0.4, 0.5) is 0 Å². The van der Waals surface area contributed by atoms with E-state index in [2.05, 4.69) is 20.5 Å². The van der Waals surface area contributed by atoms with Gasteiger partial charge in [0.05, 0.1) is 26.1 Å². The van der Waals surface area contributed by atoms with Gasteiger partial charge in [-0.3, -0.25) is 14.9 Å². The molecule has 1 amide bonds. The van der Waals surface area contributed by atoms with Gasteiger partial charge in [0.25, 0.3) is 5.91 Å². The first kappa shape index (κ1) is 19.6. The Hall–Kier alpha value is -4.12. The summed E-state index contributed by atoms with van der Waals surface area (Å²) in [6, 6.07) is 10.9. The van der Waals surface area contributed by atoms with Gasteiger partial charge < -0.3 is 14.8 Å². The van der Waals surface area contributed by atoms with Crippen LogP contribution in [0.2, 0.25) is 0 Å². The van der Waals surface area contributed by atoms with Crippen molar-refractivity contribution in [2.45, 2.75) is 6.54 Å². The maximum Gasteiger partial charge on any atom is 0.262 e. The maximum atomic E-state index is 12.4. The Morgan fingerprint density at radius 2 is 1.97 bits per heavy atom. The fourth-order valence-corrected chi connectivity index (χ4v) is 2.71. The predicted molar refractivity (Wildman–Crippen MR) is 107 cm³/mol. The molecule has 0 atom stereocenters. The molecule has 0 fully saturated rings. The second-order valence-electron chi connectivity index (χ2n) is 5.98. The van der Waals surface area contributed by atoms with Gasteiger partial charge >= 0.3 is 0 Å². The SMILES string of the molecule is COc1ccc(-c2[nH]ncc2C=C(C#N)C(=O)NCc2ccncc2)cc1OC. The lowest BCUT2D eigenvalue weighted by molar-refractivity contribution is -0.117. The molecule has 0 aliphatic rings. The number of nitriles is 1. The molecule has 0 saturated carbocycles. The fourth-order valence-electron chi connectivity index (χ4n) is 2.71. The highest BCUT2D eigenvalue weighted by atomic mass is 16.5. The minimum atomic E-state index is -0.469. The van der Waals surface area contributed by atoms with E-state index in [1.807, 2.05) is 12.1 Å². The summed E-state index contributed by atoms with van der Waals surface area (Å²) in [6.07, 6.45) is 6.34.